The second-order valence-electron chi connectivity index (χ2n) is 12.6. The molecule has 2 N–H and O–H groups in total. The molecule has 0 aromatic rings. The summed E-state index contributed by atoms with van der Waals surface area (Å²) in [7, 11) is 0. The predicted molar refractivity (Wildman–Crippen MR) is 123 cm³/mol. The van der Waals surface area contributed by atoms with Gasteiger partial charge in [0.05, 0.1) is 6.10 Å². The van der Waals surface area contributed by atoms with E-state index in [9.17, 15) is 9.90 Å². The lowest BCUT2D eigenvalue weighted by molar-refractivity contribution is -0.144. The van der Waals surface area contributed by atoms with Gasteiger partial charge in [0, 0.05) is 18.9 Å². The molecule has 0 aromatic heterocycles. The molecular weight excluding hydrogens is 370 g/mol. The fraction of sp³-hybridized carbons (Fsp3) is 0.963. The van der Waals surface area contributed by atoms with Crippen LogP contribution in [0.25, 0.3) is 0 Å². The number of aliphatic hydroxyl groups excluding tert-OH is 1. The maximum absolute atomic E-state index is 12.1. The molecule has 1 amide bonds. The molecule has 1 aliphatic heterocycles. The van der Waals surface area contributed by atoms with Crippen LogP contribution in [0.5, 0.6) is 0 Å². The number of aliphatic hydroxyl groups is 1. The van der Waals surface area contributed by atoms with Crippen LogP contribution < -0.4 is 5.32 Å². The smallest absolute Gasteiger partial charge is 0.220 e. The number of amides is 1. The number of hydrogen-bond donors (Lipinski definition) is 2. The van der Waals surface area contributed by atoms with Crippen LogP contribution in [0.4, 0.5) is 0 Å². The van der Waals surface area contributed by atoms with Crippen LogP contribution in [0.3, 0.4) is 0 Å². The second-order valence-corrected chi connectivity index (χ2v) is 12.6. The van der Waals surface area contributed by atoms with Gasteiger partial charge in [0.25, 0.3) is 0 Å². The Kier molecular flexibility index (Phi) is 6.34. The number of rotatable bonds is 5. The van der Waals surface area contributed by atoms with E-state index in [0.717, 1.165) is 36.5 Å². The molecule has 4 rings (SSSR count). The van der Waals surface area contributed by atoms with Crippen LogP contribution in [0.1, 0.15) is 98.8 Å². The van der Waals surface area contributed by atoms with Gasteiger partial charge in [-0.1, -0.05) is 53.9 Å². The van der Waals surface area contributed by atoms with Crippen LogP contribution in [-0.4, -0.2) is 23.7 Å². The molecular formula is C27H47NO2. The highest BCUT2D eigenvalue weighted by Crippen LogP contribution is 2.67. The minimum atomic E-state index is -0.250. The first-order valence-corrected chi connectivity index (χ1v) is 13.1. The van der Waals surface area contributed by atoms with Gasteiger partial charge < -0.3 is 10.4 Å². The van der Waals surface area contributed by atoms with Crippen molar-refractivity contribution >= 4 is 5.91 Å². The van der Waals surface area contributed by atoms with Gasteiger partial charge in [0.2, 0.25) is 5.91 Å². The minimum Gasteiger partial charge on any atom is -0.393 e. The van der Waals surface area contributed by atoms with Crippen molar-refractivity contribution in [1.82, 2.24) is 5.32 Å². The molecule has 172 valence electrons. The fourth-order valence-electron chi connectivity index (χ4n) is 9.05. The fourth-order valence-corrected chi connectivity index (χ4v) is 9.05. The molecule has 0 spiro atoms. The maximum Gasteiger partial charge on any atom is 0.220 e. The molecule has 0 unspecified atom stereocenters. The third-order valence-electron chi connectivity index (χ3n) is 10.7. The van der Waals surface area contributed by atoms with Gasteiger partial charge in [-0.2, -0.15) is 0 Å². The van der Waals surface area contributed by atoms with Crippen molar-refractivity contribution in [2.24, 2.45) is 52.3 Å². The van der Waals surface area contributed by atoms with E-state index in [2.05, 4.69) is 39.9 Å². The summed E-state index contributed by atoms with van der Waals surface area (Å²) in [6.07, 6.45) is 11.9. The molecule has 1 saturated heterocycles. The van der Waals surface area contributed by atoms with Crippen LogP contribution in [0, 0.1) is 52.3 Å². The molecule has 3 nitrogen and oxygen atoms in total. The summed E-state index contributed by atoms with van der Waals surface area (Å²) in [6, 6.07) is 0. The molecule has 0 bridgehead atoms. The number of hydrogen-bond acceptors (Lipinski definition) is 2. The Labute approximate surface area is 185 Å². The topological polar surface area (TPSA) is 49.3 Å². The standard InChI is InChI=1S/C27H47NO2/c1-17(2)7-6-8-18(3)20-9-10-21-19-15-24(29)23-16-28-25(30)12-14-27(23,5)22(19)11-13-26(20,21)4/h17-24,29H,6-16H2,1-5H3,(H,28,30)/t18-,19+,20-,21+,22+,23-,24+,26-,27-/m1/s1. The van der Waals surface area contributed by atoms with Gasteiger partial charge in [-0.05, 0) is 84.9 Å². The summed E-state index contributed by atoms with van der Waals surface area (Å²) >= 11 is 0. The Morgan fingerprint density at radius 2 is 1.73 bits per heavy atom. The van der Waals surface area contributed by atoms with Gasteiger partial charge in [0.1, 0.15) is 0 Å². The summed E-state index contributed by atoms with van der Waals surface area (Å²) in [4.78, 5) is 12.1. The Bertz CT molecular complexity index is 632. The predicted octanol–water partition coefficient (Wildman–Crippen LogP) is 5.80. The Morgan fingerprint density at radius 1 is 1.00 bits per heavy atom. The van der Waals surface area contributed by atoms with Crippen molar-refractivity contribution in [2.45, 2.75) is 105 Å². The molecule has 3 heteroatoms. The van der Waals surface area contributed by atoms with E-state index in [1.165, 1.54) is 44.9 Å². The Hall–Kier alpha value is -0.570. The lowest BCUT2D eigenvalue weighted by atomic mass is 9.45. The van der Waals surface area contributed by atoms with Crippen molar-refractivity contribution in [3.05, 3.63) is 0 Å². The van der Waals surface area contributed by atoms with Gasteiger partial charge in [0.15, 0.2) is 0 Å². The van der Waals surface area contributed by atoms with E-state index >= 15 is 0 Å². The van der Waals surface area contributed by atoms with Crippen LogP contribution in [0.2, 0.25) is 0 Å². The highest BCUT2D eigenvalue weighted by molar-refractivity contribution is 5.76. The monoisotopic (exact) mass is 417 g/mol. The zero-order valence-corrected chi connectivity index (χ0v) is 20.3. The lowest BCUT2D eigenvalue weighted by Gasteiger charge is -2.60. The van der Waals surface area contributed by atoms with Crippen molar-refractivity contribution in [3.8, 4) is 0 Å². The summed E-state index contributed by atoms with van der Waals surface area (Å²) in [5.74, 6) is 5.04. The van der Waals surface area contributed by atoms with Gasteiger partial charge in [-0.15, -0.1) is 0 Å². The highest BCUT2D eigenvalue weighted by Gasteiger charge is 2.61. The highest BCUT2D eigenvalue weighted by atomic mass is 16.3. The van der Waals surface area contributed by atoms with Crippen LogP contribution in [-0.2, 0) is 4.79 Å². The van der Waals surface area contributed by atoms with Crippen molar-refractivity contribution in [2.75, 3.05) is 6.54 Å². The molecule has 4 aliphatic rings. The van der Waals surface area contributed by atoms with Crippen molar-refractivity contribution in [3.63, 3.8) is 0 Å². The normalized spacial score (nSPS) is 47.1. The maximum atomic E-state index is 12.1. The third-order valence-corrected chi connectivity index (χ3v) is 10.7. The SMILES string of the molecule is CC(C)CCC[C@@H](C)[C@H]1CC[C@H]2[C@@H]3C[C@H](O)[C@H]4CNC(=O)CC[C@]4(C)[C@H]3CC[C@]12C. The quantitative estimate of drug-likeness (QED) is 0.593. The number of nitrogens with one attached hydrogen (secondary N) is 1. The van der Waals surface area contributed by atoms with E-state index < -0.39 is 0 Å². The summed E-state index contributed by atoms with van der Waals surface area (Å²) in [6.45, 7) is 12.9. The minimum absolute atomic E-state index is 0.115. The first-order chi connectivity index (χ1) is 14.2. The zero-order valence-electron chi connectivity index (χ0n) is 20.3. The van der Waals surface area contributed by atoms with Crippen LogP contribution in [0.15, 0.2) is 0 Å². The zero-order chi connectivity index (χ0) is 21.7. The van der Waals surface area contributed by atoms with E-state index in [0.29, 0.717) is 30.2 Å². The van der Waals surface area contributed by atoms with E-state index in [4.69, 9.17) is 0 Å². The molecule has 3 saturated carbocycles. The average molecular weight is 418 g/mol. The number of carbonyl (C=O) groups excluding carboxylic acids is 1. The largest absolute Gasteiger partial charge is 0.393 e. The van der Waals surface area contributed by atoms with Crippen molar-refractivity contribution in [1.29, 1.82) is 0 Å². The van der Waals surface area contributed by atoms with Gasteiger partial charge >= 0.3 is 0 Å². The molecule has 3 aliphatic carbocycles. The van der Waals surface area contributed by atoms with Crippen LogP contribution >= 0.6 is 0 Å². The molecule has 1 heterocycles. The third kappa shape index (κ3) is 3.76. The average Bonchev–Trinajstić information content (AvgIpc) is 2.94. The van der Waals surface area contributed by atoms with Crippen molar-refractivity contribution < 1.29 is 9.90 Å². The van der Waals surface area contributed by atoms with E-state index in [1.54, 1.807) is 0 Å². The summed E-state index contributed by atoms with van der Waals surface area (Å²) in [5.41, 5.74) is 0.573. The Morgan fingerprint density at radius 3 is 2.47 bits per heavy atom. The molecule has 30 heavy (non-hydrogen) atoms. The van der Waals surface area contributed by atoms with E-state index in [-0.39, 0.29) is 23.3 Å². The summed E-state index contributed by atoms with van der Waals surface area (Å²) < 4.78 is 0. The summed E-state index contributed by atoms with van der Waals surface area (Å²) in [5, 5.41) is 14.3. The first-order valence-electron chi connectivity index (χ1n) is 13.1. The molecule has 4 fully saturated rings. The number of carbonyl (C=O) groups is 1. The second kappa shape index (κ2) is 8.41. The number of fused-ring (bicyclic) bond motifs is 5. The molecule has 0 radical (unpaired) electrons. The molecule has 9 atom stereocenters. The van der Waals surface area contributed by atoms with Gasteiger partial charge in [-0.3, -0.25) is 4.79 Å². The first kappa shape index (κ1) is 22.6. The van der Waals surface area contributed by atoms with E-state index in [1.807, 2.05) is 0 Å². The molecule has 0 aromatic carbocycles. The lowest BCUT2D eigenvalue weighted by Crippen LogP contribution is -2.57. The van der Waals surface area contributed by atoms with Gasteiger partial charge in [-0.25, -0.2) is 0 Å². The Balaban J connectivity index is 1.51.